The van der Waals surface area contributed by atoms with Gasteiger partial charge >= 0.3 is 0 Å². The molecule has 0 bridgehead atoms. The molecule has 1 heterocycles. The summed E-state index contributed by atoms with van der Waals surface area (Å²) in [6.07, 6.45) is 1.19. The van der Waals surface area contributed by atoms with Crippen LogP contribution in [0.3, 0.4) is 0 Å². The number of benzene rings is 2. The van der Waals surface area contributed by atoms with Gasteiger partial charge in [0, 0.05) is 11.6 Å². The third kappa shape index (κ3) is 3.00. The molecule has 1 aromatic heterocycles. The lowest BCUT2D eigenvalue weighted by Crippen LogP contribution is -2.08. The number of phenols is 2. The molecule has 29 heavy (non-hydrogen) atoms. The third-order valence-corrected chi connectivity index (χ3v) is 4.46. The largest absolute Gasteiger partial charge is 0.504 e. The molecule has 0 unspecified atom stereocenters. The summed E-state index contributed by atoms with van der Waals surface area (Å²) >= 11 is 0. The van der Waals surface area contributed by atoms with E-state index in [-0.39, 0.29) is 45.3 Å². The molecule has 0 saturated carbocycles. The second kappa shape index (κ2) is 7.70. The maximum absolute atomic E-state index is 13.2. The van der Waals surface area contributed by atoms with Crippen LogP contribution in [0.1, 0.15) is 0 Å². The molecule has 0 atom stereocenters. The van der Waals surface area contributed by atoms with Crippen molar-refractivity contribution < 1.29 is 38.3 Å². The highest BCUT2D eigenvalue weighted by atomic mass is 16.5. The highest BCUT2D eigenvalue weighted by Crippen LogP contribution is 2.50. The molecule has 3 rings (SSSR count). The fraction of sp³-hybridized carbons (Fsp3) is 0.250. The Morgan fingerprint density at radius 2 is 1.38 bits per heavy atom. The molecule has 9 heteroatoms. The monoisotopic (exact) mass is 404 g/mol. The zero-order chi connectivity index (χ0) is 21.3. The number of rotatable bonds is 6. The minimum absolute atomic E-state index is 0.0130. The highest BCUT2D eigenvalue weighted by Gasteiger charge is 2.26. The van der Waals surface area contributed by atoms with Crippen LogP contribution in [0.15, 0.2) is 27.6 Å². The molecule has 3 aromatic rings. The summed E-state index contributed by atoms with van der Waals surface area (Å²) in [6, 6.07) is 2.72. The maximum Gasteiger partial charge on any atom is 0.207 e. The van der Waals surface area contributed by atoms with Gasteiger partial charge in [0.15, 0.2) is 23.0 Å². The van der Waals surface area contributed by atoms with Crippen LogP contribution in [0.4, 0.5) is 0 Å². The SMILES string of the molecule is COc1cc(-c2coc3cc(O)c(OC)c(O)c3c2=O)c(OC)c(OC)c1OC. The van der Waals surface area contributed by atoms with E-state index in [4.69, 9.17) is 28.1 Å². The Kier molecular flexibility index (Phi) is 5.31. The molecule has 0 spiro atoms. The van der Waals surface area contributed by atoms with Gasteiger partial charge < -0.3 is 38.3 Å². The van der Waals surface area contributed by atoms with Crippen molar-refractivity contribution in [1.82, 2.24) is 0 Å². The van der Waals surface area contributed by atoms with E-state index in [0.717, 1.165) is 0 Å². The molecule has 0 fully saturated rings. The van der Waals surface area contributed by atoms with E-state index >= 15 is 0 Å². The molecule has 0 radical (unpaired) electrons. The van der Waals surface area contributed by atoms with Gasteiger partial charge in [0.2, 0.25) is 22.7 Å². The standard InChI is InChI=1S/C20H20O9/c1-24-13-6-9(17(25-2)20(28-5)19(13)27-4)10-8-29-12-7-11(21)18(26-3)16(23)14(12)15(10)22/h6-8,21,23H,1-5H3. The van der Waals surface area contributed by atoms with E-state index in [0.29, 0.717) is 11.3 Å². The maximum atomic E-state index is 13.2. The summed E-state index contributed by atoms with van der Waals surface area (Å²) in [7, 11) is 6.98. The summed E-state index contributed by atoms with van der Waals surface area (Å²) in [5.74, 6) is -0.122. The topological polar surface area (TPSA) is 117 Å². The minimum Gasteiger partial charge on any atom is -0.504 e. The van der Waals surface area contributed by atoms with Gasteiger partial charge in [-0.25, -0.2) is 0 Å². The van der Waals surface area contributed by atoms with E-state index < -0.39 is 11.2 Å². The van der Waals surface area contributed by atoms with Crippen molar-refractivity contribution in [3.8, 4) is 51.4 Å². The number of phenolic OH excluding ortho intramolecular Hbond substituents is 2. The second-order valence-electron chi connectivity index (χ2n) is 5.86. The summed E-state index contributed by atoms with van der Waals surface area (Å²) in [4.78, 5) is 13.2. The number of hydrogen-bond acceptors (Lipinski definition) is 9. The Morgan fingerprint density at radius 3 is 1.93 bits per heavy atom. The zero-order valence-corrected chi connectivity index (χ0v) is 16.5. The van der Waals surface area contributed by atoms with E-state index in [1.165, 1.54) is 53.9 Å². The Hall–Kier alpha value is -3.75. The quantitative estimate of drug-likeness (QED) is 0.639. The van der Waals surface area contributed by atoms with E-state index in [1.54, 1.807) is 0 Å². The predicted octanol–water partition coefficient (Wildman–Crippen LogP) is 2.91. The van der Waals surface area contributed by atoms with Gasteiger partial charge in [-0.05, 0) is 6.07 Å². The van der Waals surface area contributed by atoms with Gasteiger partial charge in [0.25, 0.3) is 0 Å². The second-order valence-corrected chi connectivity index (χ2v) is 5.86. The van der Waals surface area contributed by atoms with Gasteiger partial charge in [0.1, 0.15) is 17.2 Å². The smallest absolute Gasteiger partial charge is 0.207 e. The van der Waals surface area contributed by atoms with E-state index in [1.807, 2.05) is 0 Å². The molecule has 2 aromatic carbocycles. The van der Waals surface area contributed by atoms with Crippen molar-refractivity contribution >= 4 is 11.0 Å². The van der Waals surface area contributed by atoms with Crippen molar-refractivity contribution in [3.63, 3.8) is 0 Å². The highest BCUT2D eigenvalue weighted by molar-refractivity contribution is 5.92. The lowest BCUT2D eigenvalue weighted by Gasteiger charge is -2.18. The fourth-order valence-corrected chi connectivity index (χ4v) is 3.16. The molecule has 2 N–H and O–H groups in total. The van der Waals surface area contributed by atoms with Crippen LogP contribution in [0.5, 0.6) is 40.2 Å². The minimum atomic E-state index is -0.574. The van der Waals surface area contributed by atoms with Crippen LogP contribution in [-0.2, 0) is 0 Å². The first-order valence-electron chi connectivity index (χ1n) is 8.35. The number of hydrogen-bond donors (Lipinski definition) is 2. The van der Waals surface area contributed by atoms with Gasteiger partial charge in [-0.15, -0.1) is 0 Å². The fourth-order valence-electron chi connectivity index (χ4n) is 3.16. The third-order valence-electron chi connectivity index (χ3n) is 4.46. The molecular weight excluding hydrogens is 384 g/mol. The molecular formula is C20H20O9. The zero-order valence-electron chi connectivity index (χ0n) is 16.5. The first kappa shape index (κ1) is 20.0. The molecule has 154 valence electrons. The molecule has 0 amide bonds. The Balaban J connectivity index is 2.43. The van der Waals surface area contributed by atoms with Crippen LogP contribution in [0.25, 0.3) is 22.1 Å². The number of fused-ring (bicyclic) bond motifs is 1. The van der Waals surface area contributed by atoms with Gasteiger partial charge in [0.05, 0.1) is 41.1 Å². The van der Waals surface area contributed by atoms with Gasteiger partial charge in [-0.1, -0.05) is 0 Å². The number of methoxy groups -OCH3 is 5. The Bertz CT molecular complexity index is 1130. The normalized spacial score (nSPS) is 10.7. The summed E-state index contributed by atoms with van der Waals surface area (Å²) in [6.45, 7) is 0. The first-order valence-corrected chi connectivity index (χ1v) is 8.35. The molecule has 0 aliphatic rings. The first-order chi connectivity index (χ1) is 13.9. The summed E-state index contributed by atoms with van der Waals surface area (Å²) < 4.78 is 32.0. The van der Waals surface area contributed by atoms with Crippen molar-refractivity contribution in [2.24, 2.45) is 0 Å². The Morgan fingerprint density at radius 1 is 0.759 bits per heavy atom. The molecule has 0 aliphatic heterocycles. The van der Waals surface area contributed by atoms with Crippen LogP contribution < -0.4 is 29.1 Å². The average molecular weight is 404 g/mol. The van der Waals surface area contributed by atoms with Crippen molar-refractivity contribution in [1.29, 1.82) is 0 Å². The van der Waals surface area contributed by atoms with Crippen molar-refractivity contribution in [3.05, 3.63) is 28.6 Å². The summed E-state index contributed by atoms with van der Waals surface area (Å²) in [5, 5.41) is 20.2. The van der Waals surface area contributed by atoms with E-state index in [2.05, 4.69) is 0 Å². The molecule has 0 aliphatic carbocycles. The summed E-state index contributed by atoms with van der Waals surface area (Å²) in [5.41, 5.74) is -0.226. The average Bonchev–Trinajstić information content (AvgIpc) is 2.72. The van der Waals surface area contributed by atoms with Gasteiger partial charge in [-0.2, -0.15) is 0 Å². The van der Waals surface area contributed by atoms with Crippen LogP contribution >= 0.6 is 0 Å². The number of ether oxygens (including phenoxy) is 5. The predicted molar refractivity (Wildman–Crippen MR) is 104 cm³/mol. The van der Waals surface area contributed by atoms with Crippen molar-refractivity contribution in [2.75, 3.05) is 35.5 Å². The molecule has 9 nitrogen and oxygen atoms in total. The van der Waals surface area contributed by atoms with E-state index in [9.17, 15) is 15.0 Å². The van der Waals surface area contributed by atoms with Crippen LogP contribution in [0.2, 0.25) is 0 Å². The van der Waals surface area contributed by atoms with Crippen LogP contribution in [0, 0.1) is 0 Å². The number of aromatic hydroxyl groups is 2. The Labute approximate surface area is 165 Å². The van der Waals surface area contributed by atoms with Crippen LogP contribution in [-0.4, -0.2) is 45.8 Å². The van der Waals surface area contributed by atoms with Gasteiger partial charge in [-0.3, -0.25) is 4.79 Å². The molecule has 0 saturated heterocycles. The van der Waals surface area contributed by atoms with Crippen molar-refractivity contribution in [2.45, 2.75) is 0 Å². The lowest BCUT2D eigenvalue weighted by atomic mass is 10.0. The lowest BCUT2D eigenvalue weighted by molar-refractivity contribution is 0.306.